The second kappa shape index (κ2) is 1.78. The largest absolute Gasteiger partial charge is 0.374 e. The van der Waals surface area contributed by atoms with E-state index in [1.165, 1.54) is 12.8 Å². The molecule has 3 rings (SSSR count). The van der Waals surface area contributed by atoms with Gasteiger partial charge in [0, 0.05) is 5.33 Å². The molecule has 0 aromatic carbocycles. The fourth-order valence-electron chi connectivity index (χ4n) is 2.72. The molecule has 1 nitrogen and oxygen atoms in total. The van der Waals surface area contributed by atoms with E-state index in [2.05, 4.69) is 15.9 Å². The Morgan fingerprint density at radius 1 is 1.30 bits per heavy atom. The van der Waals surface area contributed by atoms with Crippen LogP contribution in [0.2, 0.25) is 0 Å². The van der Waals surface area contributed by atoms with Crippen molar-refractivity contribution in [2.24, 2.45) is 17.8 Å². The normalized spacial score (nSPS) is 62.7. The van der Waals surface area contributed by atoms with Crippen LogP contribution in [-0.4, -0.2) is 17.5 Å². The van der Waals surface area contributed by atoms with Gasteiger partial charge < -0.3 is 4.74 Å². The molecule has 2 heterocycles. The molecule has 1 saturated carbocycles. The molecule has 2 bridgehead atoms. The zero-order valence-corrected chi connectivity index (χ0v) is 7.38. The van der Waals surface area contributed by atoms with Gasteiger partial charge in [-0.3, -0.25) is 0 Å². The van der Waals surface area contributed by atoms with E-state index in [-0.39, 0.29) is 0 Å². The molecule has 0 amide bonds. The maximum atomic E-state index is 5.81. The van der Waals surface area contributed by atoms with Crippen LogP contribution in [0.25, 0.3) is 0 Å². The minimum absolute atomic E-state index is 0.648. The number of fused-ring (bicyclic) bond motifs is 5. The highest BCUT2D eigenvalue weighted by molar-refractivity contribution is 9.09. The van der Waals surface area contributed by atoms with Gasteiger partial charge in [0.05, 0.1) is 12.2 Å². The van der Waals surface area contributed by atoms with Crippen molar-refractivity contribution in [3.63, 3.8) is 0 Å². The minimum atomic E-state index is 0.648. The summed E-state index contributed by atoms with van der Waals surface area (Å²) in [6.07, 6.45) is 4.11. The highest BCUT2D eigenvalue weighted by Gasteiger charge is 2.62. The van der Waals surface area contributed by atoms with Crippen LogP contribution >= 0.6 is 15.9 Å². The third-order valence-electron chi connectivity index (χ3n) is 3.32. The molecule has 56 valence electrons. The number of ether oxygens (including phenoxy) is 1. The number of rotatable bonds is 1. The third kappa shape index (κ3) is 0.578. The van der Waals surface area contributed by atoms with Gasteiger partial charge in [-0.15, -0.1) is 0 Å². The first-order chi connectivity index (χ1) is 4.90. The standard InChI is InChI=1S/C8H11BrO/c9-3-4-1-7-5-2-6(5)8(4)10-7/h4-8H,1-3H2/t4-,5+,6-,7-,8-/m1/s1. The molecule has 0 radical (unpaired) electrons. The van der Waals surface area contributed by atoms with Crippen molar-refractivity contribution >= 4 is 15.9 Å². The summed E-state index contributed by atoms with van der Waals surface area (Å²) in [6.45, 7) is 0. The van der Waals surface area contributed by atoms with Crippen LogP contribution in [0.4, 0.5) is 0 Å². The Morgan fingerprint density at radius 3 is 2.80 bits per heavy atom. The van der Waals surface area contributed by atoms with E-state index in [9.17, 15) is 0 Å². The Morgan fingerprint density at radius 2 is 2.20 bits per heavy atom. The maximum Gasteiger partial charge on any atom is 0.0647 e. The molecule has 0 aromatic heterocycles. The van der Waals surface area contributed by atoms with Crippen molar-refractivity contribution in [3.8, 4) is 0 Å². The Hall–Kier alpha value is 0.440. The summed E-state index contributed by atoms with van der Waals surface area (Å²) in [5.41, 5.74) is 0. The summed E-state index contributed by atoms with van der Waals surface area (Å²) in [7, 11) is 0. The minimum Gasteiger partial charge on any atom is -0.374 e. The SMILES string of the molecule is BrC[C@H]1C[C@H]2O[C@H]1[C@@H]1C[C@@H]12. The van der Waals surface area contributed by atoms with Crippen LogP contribution in [0, 0.1) is 17.8 Å². The molecule has 0 N–H and O–H groups in total. The van der Waals surface area contributed by atoms with Crippen molar-refractivity contribution in [1.82, 2.24) is 0 Å². The maximum absolute atomic E-state index is 5.81. The Bertz CT molecular complexity index is 171. The van der Waals surface area contributed by atoms with Gasteiger partial charge in [-0.1, -0.05) is 15.9 Å². The molecule has 1 aliphatic carbocycles. The second-order valence-electron chi connectivity index (χ2n) is 3.85. The molecule has 0 aromatic rings. The first kappa shape index (κ1) is 6.01. The van der Waals surface area contributed by atoms with Gasteiger partial charge in [0.25, 0.3) is 0 Å². The summed E-state index contributed by atoms with van der Waals surface area (Å²) < 4.78 is 5.81. The average molecular weight is 203 g/mol. The van der Waals surface area contributed by atoms with Gasteiger partial charge in [0.1, 0.15) is 0 Å². The highest BCUT2D eigenvalue weighted by Crippen LogP contribution is 2.60. The van der Waals surface area contributed by atoms with Crippen LogP contribution in [0.3, 0.4) is 0 Å². The van der Waals surface area contributed by atoms with E-state index in [1.807, 2.05) is 0 Å². The van der Waals surface area contributed by atoms with Crippen LogP contribution in [-0.2, 0) is 4.74 Å². The van der Waals surface area contributed by atoms with Gasteiger partial charge in [0.15, 0.2) is 0 Å². The Labute approximate surface area is 69.3 Å². The monoisotopic (exact) mass is 202 g/mol. The zero-order chi connectivity index (χ0) is 6.72. The summed E-state index contributed by atoms with van der Waals surface area (Å²) >= 11 is 3.54. The lowest BCUT2D eigenvalue weighted by Gasteiger charge is -2.14. The molecule has 0 spiro atoms. The lowest BCUT2D eigenvalue weighted by atomic mass is 9.91. The molecule has 10 heavy (non-hydrogen) atoms. The Balaban J connectivity index is 1.85. The van der Waals surface area contributed by atoms with E-state index in [0.717, 1.165) is 23.1 Å². The first-order valence-electron chi connectivity index (χ1n) is 4.11. The predicted octanol–water partition coefficient (Wildman–Crippen LogP) is 1.80. The zero-order valence-electron chi connectivity index (χ0n) is 5.79. The van der Waals surface area contributed by atoms with E-state index in [4.69, 9.17) is 4.74 Å². The van der Waals surface area contributed by atoms with Crippen molar-refractivity contribution in [2.75, 3.05) is 5.33 Å². The lowest BCUT2D eigenvalue weighted by Crippen LogP contribution is -2.19. The lowest BCUT2D eigenvalue weighted by molar-refractivity contribution is 0.0638. The molecule has 3 aliphatic rings. The average Bonchev–Trinajstić information content (AvgIpc) is 2.58. The Kier molecular flexibility index (Phi) is 1.07. The molecule has 3 fully saturated rings. The van der Waals surface area contributed by atoms with Gasteiger partial charge in [-0.2, -0.15) is 0 Å². The van der Waals surface area contributed by atoms with Gasteiger partial charge in [-0.05, 0) is 30.6 Å². The summed E-state index contributed by atoms with van der Waals surface area (Å²) in [5, 5.41) is 1.15. The molecule has 2 heteroatoms. The number of alkyl halides is 1. The molecule has 2 saturated heterocycles. The highest BCUT2D eigenvalue weighted by atomic mass is 79.9. The number of hydrogen-bond acceptors (Lipinski definition) is 1. The van der Waals surface area contributed by atoms with Crippen LogP contribution < -0.4 is 0 Å². The molecule has 5 atom stereocenters. The van der Waals surface area contributed by atoms with Crippen molar-refractivity contribution in [3.05, 3.63) is 0 Å². The smallest absolute Gasteiger partial charge is 0.0647 e. The summed E-state index contributed by atoms with van der Waals surface area (Å²) in [4.78, 5) is 0. The number of hydrogen-bond donors (Lipinski definition) is 0. The fourth-order valence-corrected chi connectivity index (χ4v) is 3.35. The van der Waals surface area contributed by atoms with Crippen molar-refractivity contribution < 1.29 is 4.74 Å². The van der Waals surface area contributed by atoms with Crippen LogP contribution in [0.1, 0.15) is 12.8 Å². The van der Waals surface area contributed by atoms with E-state index in [0.29, 0.717) is 12.2 Å². The van der Waals surface area contributed by atoms with Gasteiger partial charge in [0.2, 0.25) is 0 Å². The molecule has 2 aliphatic heterocycles. The van der Waals surface area contributed by atoms with Crippen molar-refractivity contribution in [1.29, 1.82) is 0 Å². The second-order valence-corrected chi connectivity index (χ2v) is 4.50. The van der Waals surface area contributed by atoms with Crippen LogP contribution in [0.15, 0.2) is 0 Å². The third-order valence-corrected chi connectivity index (χ3v) is 4.15. The molecular weight excluding hydrogens is 192 g/mol. The van der Waals surface area contributed by atoms with Crippen LogP contribution in [0.5, 0.6) is 0 Å². The predicted molar refractivity (Wildman–Crippen MR) is 42.2 cm³/mol. The topological polar surface area (TPSA) is 9.23 Å². The fraction of sp³-hybridized carbons (Fsp3) is 1.00. The summed E-state index contributed by atoms with van der Waals surface area (Å²) in [5.74, 6) is 2.80. The van der Waals surface area contributed by atoms with Gasteiger partial charge >= 0.3 is 0 Å². The van der Waals surface area contributed by atoms with Crippen molar-refractivity contribution in [2.45, 2.75) is 25.0 Å². The van der Waals surface area contributed by atoms with E-state index in [1.54, 1.807) is 0 Å². The summed E-state index contributed by atoms with van der Waals surface area (Å²) in [6, 6.07) is 0. The quantitative estimate of drug-likeness (QED) is 0.590. The molecule has 0 unspecified atom stereocenters. The van der Waals surface area contributed by atoms with E-state index < -0.39 is 0 Å². The number of halogens is 1. The van der Waals surface area contributed by atoms with E-state index >= 15 is 0 Å². The van der Waals surface area contributed by atoms with Gasteiger partial charge in [-0.25, -0.2) is 0 Å². The molecular formula is C8H11BrO. The first-order valence-corrected chi connectivity index (χ1v) is 5.23.